The van der Waals surface area contributed by atoms with E-state index in [9.17, 15) is 22.4 Å². The van der Waals surface area contributed by atoms with Gasteiger partial charge in [0.1, 0.15) is 34.0 Å². The lowest BCUT2D eigenvalue weighted by Crippen LogP contribution is -2.49. The number of aromatic nitrogens is 3. The summed E-state index contributed by atoms with van der Waals surface area (Å²) in [6.07, 6.45) is 8.27. The number of benzene rings is 1. The minimum Gasteiger partial charge on any atom is -0.369 e. The summed E-state index contributed by atoms with van der Waals surface area (Å²) in [5.41, 5.74) is 6.90. The van der Waals surface area contributed by atoms with Gasteiger partial charge in [-0.25, -0.2) is 22.5 Å². The van der Waals surface area contributed by atoms with Crippen LogP contribution in [0.5, 0.6) is 0 Å². The van der Waals surface area contributed by atoms with Gasteiger partial charge in [-0.05, 0) is 25.3 Å². The second-order valence-corrected chi connectivity index (χ2v) is 9.92. The van der Waals surface area contributed by atoms with Gasteiger partial charge >= 0.3 is 0 Å². The molecule has 0 saturated carbocycles. The van der Waals surface area contributed by atoms with E-state index in [1.165, 1.54) is 34.5 Å². The molecule has 3 aromatic rings. The van der Waals surface area contributed by atoms with Crippen molar-refractivity contribution in [3.8, 4) is 10.6 Å². The molecule has 37 heavy (non-hydrogen) atoms. The fourth-order valence-corrected chi connectivity index (χ4v) is 5.36. The zero-order valence-electron chi connectivity index (χ0n) is 19.6. The first kappa shape index (κ1) is 25.2. The topological polar surface area (TPSA) is 89.1 Å². The number of halogens is 4. The number of rotatable bonds is 6. The molecule has 1 unspecified atom stereocenters. The highest BCUT2D eigenvalue weighted by Gasteiger charge is 2.30. The number of hydrogen-bond acceptors (Lipinski definition) is 6. The molecule has 7 nitrogen and oxygen atoms in total. The molecule has 3 N–H and O–H groups in total. The van der Waals surface area contributed by atoms with E-state index in [2.05, 4.69) is 15.4 Å². The smallest absolute Gasteiger partial charge is 0.271 e. The van der Waals surface area contributed by atoms with Crippen LogP contribution in [0.2, 0.25) is 0 Å². The zero-order valence-corrected chi connectivity index (χ0v) is 20.4. The largest absolute Gasteiger partial charge is 0.369 e. The molecule has 0 spiro atoms. The normalized spacial score (nSPS) is 20.0. The third-order valence-corrected chi connectivity index (χ3v) is 7.25. The number of thiazole rings is 1. The van der Waals surface area contributed by atoms with E-state index >= 15 is 0 Å². The van der Waals surface area contributed by atoms with E-state index in [1.807, 2.05) is 4.90 Å². The van der Waals surface area contributed by atoms with Crippen LogP contribution in [0.25, 0.3) is 10.6 Å². The number of nitrogens with zero attached hydrogens (tertiary/aromatic N) is 4. The molecule has 12 heteroatoms. The molecule has 2 aromatic heterocycles. The van der Waals surface area contributed by atoms with Gasteiger partial charge in [-0.1, -0.05) is 6.08 Å². The first-order chi connectivity index (χ1) is 17.8. The van der Waals surface area contributed by atoms with E-state index in [4.69, 9.17) is 5.73 Å². The lowest BCUT2D eigenvalue weighted by Gasteiger charge is -2.38. The molecule has 0 bridgehead atoms. The van der Waals surface area contributed by atoms with Gasteiger partial charge in [0.2, 0.25) is 0 Å². The summed E-state index contributed by atoms with van der Waals surface area (Å²) < 4.78 is 57.2. The maximum absolute atomic E-state index is 14.8. The zero-order chi connectivity index (χ0) is 26.1. The van der Waals surface area contributed by atoms with Crippen LogP contribution in [0, 0.1) is 17.5 Å². The molecule has 2 aliphatic rings. The van der Waals surface area contributed by atoms with E-state index in [-0.39, 0.29) is 29.7 Å². The summed E-state index contributed by atoms with van der Waals surface area (Å²) >= 11 is 1.20. The van der Waals surface area contributed by atoms with Gasteiger partial charge in [-0.15, -0.1) is 11.3 Å². The minimum atomic E-state index is -1.00. The number of amides is 1. The summed E-state index contributed by atoms with van der Waals surface area (Å²) in [6, 6.07) is 0.636. The first-order valence-corrected chi connectivity index (χ1v) is 12.7. The lowest BCUT2D eigenvalue weighted by molar-refractivity contribution is 0.0929. The molecule has 1 fully saturated rings. The molecule has 0 radical (unpaired) electrons. The number of nitrogens with one attached hydrogen (secondary N) is 1. The molecule has 1 amide bonds. The monoisotopic (exact) mass is 532 g/mol. The van der Waals surface area contributed by atoms with Crippen molar-refractivity contribution in [2.45, 2.75) is 37.9 Å². The summed E-state index contributed by atoms with van der Waals surface area (Å²) in [6.45, 7) is 0.958. The van der Waals surface area contributed by atoms with Crippen LogP contribution in [-0.4, -0.2) is 50.7 Å². The molecule has 1 saturated heterocycles. The fraction of sp³-hybridized carbons (Fsp3) is 0.320. The van der Waals surface area contributed by atoms with Crippen molar-refractivity contribution in [3.63, 3.8) is 0 Å². The Bertz CT molecular complexity index is 1360. The van der Waals surface area contributed by atoms with Crippen molar-refractivity contribution >= 4 is 17.2 Å². The number of carbonyl (C=O) groups is 1. The van der Waals surface area contributed by atoms with Crippen LogP contribution in [0.1, 0.15) is 35.3 Å². The Hall–Kier alpha value is -3.51. The third-order valence-electron chi connectivity index (χ3n) is 6.36. The second kappa shape index (κ2) is 10.5. The Labute approximate surface area is 214 Å². The number of hydrogen-bond donors (Lipinski definition) is 2. The summed E-state index contributed by atoms with van der Waals surface area (Å²) in [4.78, 5) is 19.3. The number of carbonyl (C=O) groups excluding carboxylic acids is 1. The average molecular weight is 533 g/mol. The molecule has 1 aromatic carbocycles. The molecule has 2 atom stereocenters. The van der Waals surface area contributed by atoms with E-state index in [0.717, 1.165) is 12.8 Å². The number of allylic oxidation sites excluding steroid dienone is 2. The quantitative estimate of drug-likeness (QED) is 0.466. The van der Waals surface area contributed by atoms with E-state index in [1.54, 1.807) is 11.5 Å². The Morgan fingerprint density at radius 1 is 1.22 bits per heavy atom. The van der Waals surface area contributed by atoms with Crippen molar-refractivity contribution in [3.05, 3.63) is 82.3 Å². The van der Waals surface area contributed by atoms with Crippen molar-refractivity contribution in [1.82, 2.24) is 25.0 Å². The molecule has 1 aliphatic heterocycles. The maximum Gasteiger partial charge on any atom is 0.271 e. The van der Waals surface area contributed by atoms with Gasteiger partial charge in [0.25, 0.3) is 5.91 Å². The van der Waals surface area contributed by atoms with Crippen LogP contribution in [0.15, 0.2) is 53.6 Å². The lowest BCUT2D eigenvalue weighted by atomic mass is 9.98. The van der Waals surface area contributed by atoms with Gasteiger partial charge < -0.3 is 16.0 Å². The Balaban J connectivity index is 1.28. The van der Waals surface area contributed by atoms with E-state index in [0.29, 0.717) is 47.9 Å². The summed E-state index contributed by atoms with van der Waals surface area (Å²) in [5.74, 6) is -3.83. The average Bonchev–Trinajstić information content (AvgIpc) is 3.51. The summed E-state index contributed by atoms with van der Waals surface area (Å²) in [5, 5.41) is 9.04. The Morgan fingerprint density at radius 2 is 2.00 bits per heavy atom. The molecular formula is C25H24F4N6OS. The molecule has 194 valence electrons. The maximum atomic E-state index is 14.8. The third kappa shape index (κ3) is 5.44. The SMILES string of the molecule is N[C@@H]1CCCN(C2=C(F)C=CCC2NC(=O)c2csc(-c3cnn(Cc4c(F)cc(F)cc4F)c3)n2)C1. The van der Waals surface area contributed by atoms with Crippen molar-refractivity contribution < 1.29 is 22.4 Å². The number of piperidine rings is 1. The van der Waals surface area contributed by atoms with Crippen LogP contribution < -0.4 is 11.1 Å². The van der Waals surface area contributed by atoms with Crippen molar-refractivity contribution in [1.29, 1.82) is 0 Å². The van der Waals surface area contributed by atoms with Gasteiger partial charge in [0, 0.05) is 54.0 Å². The van der Waals surface area contributed by atoms with Gasteiger partial charge in [-0.2, -0.15) is 5.10 Å². The summed E-state index contributed by atoms with van der Waals surface area (Å²) in [7, 11) is 0. The second-order valence-electron chi connectivity index (χ2n) is 9.06. The standard InChI is InChI=1S/C25H24F4N6OS/c26-15-7-19(28)17(20(29)8-15)12-35-10-14(9-31-35)25-33-22(13-37-25)24(36)32-21-5-1-4-18(27)23(21)34-6-2-3-16(30)11-34/h1,4,7-10,13,16,21H,2-3,5-6,11-12,30H2,(H,32,36)/t16-,21?/m1/s1. The van der Waals surface area contributed by atoms with E-state index < -0.39 is 29.4 Å². The first-order valence-electron chi connectivity index (χ1n) is 11.8. The van der Waals surface area contributed by atoms with Gasteiger partial charge in [0.05, 0.1) is 24.5 Å². The van der Waals surface area contributed by atoms with Crippen LogP contribution >= 0.6 is 11.3 Å². The minimum absolute atomic E-state index is 0.0469. The number of likely N-dealkylation sites (tertiary alicyclic amines) is 1. The van der Waals surface area contributed by atoms with Gasteiger partial charge in [0.15, 0.2) is 0 Å². The van der Waals surface area contributed by atoms with Crippen LogP contribution in [0.3, 0.4) is 0 Å². The Kier molecular flexibility index (Phi) is 7.11. The molecule has 5 rings (SSSR count). The van der Waals surface area contributed by atoms with Crippen LogP contribution in [-0.2, 0) is 6.54 Å². The highest BCUT2D eigenvalue weighted by atomic mass is 32.1. The highest BCUT2D eigenvalue weighted by molar-refractivity contribution is 7.13. The van der Waals surface area contributed by atoms with Gasteiger partial charge in [-0.3, -0.25) is 9.48 Å². The highest BCUT2D eigenvalue weighted by Crippen LogP contribution is 2.28. The molecule has 1 aliphatic carbocycles. The molecular weight excluding hydrogens is 508 g/mol. The van der Waals surface area contributed by atoms with Crippen molar-refractivity contribution in [2.24, 2.45) is 5.73 Å². The molecule has 3 heterocycles. The number of nitrogens with two attached hydrogens (primary N) is 1. The Morgan fingerprint density at radius 3 is 2.76 bits per heavy atom. The van der Waals surface area contributed by atoms with Crippen LogP contribution in [0.4, 0.5) is 17.6 Å². The van der Waals surface area contributed by atoms with Crippen molar-refractivity contribution in [2.75, 3.05) is 13.1 Å². The fourth-order valence-electron chi connectivity index (χ4n) is 4.59. The predicted octanol–water partition coefficient (Wildman–Crippen LogP) is 4.13. The predicted molar refractivity (Wildman–Crippen MR) is 131 cm³/mol.